The molecule has 0 atom stereocenters. The van der Waals surface area contributed by atoms with Gasteiger partial charge < -0.3 is 9.84 Å². The van der Waals surface area contributed by atoms with E-state index in [1.54, 1.807) is 0 Å². The van der Waals surface area contributed by atoms with Gasteiger partial charge in [-0.1, -0.05) is 0 Å². The molecule has 0 spiro atoms. The fourth-order valence-corrected chi connectivity index (χ4v) is 0.446. The van der Waals surface area contributed by atoms with E-state index in [1.165, 1.54) is 13.8 Å². The number of hydrogen-bond acceptors (Lipinski definition) is 4. The van der Waals surface area contributed by atoms with Crippen LogP contribution in [0.5, 0.6) is 0 Å². The second-order valence-corrected chi connectivity index (χ2v) is 2.06. The first-order valence-corrected chi connectivity index (χ1v) is 3.06. The molecule has 1 N–H and O–H groups in total. The van der Waals surface area contributed by atoms with Crippen LogP contribution in [0.4, 0.5) is 0 Å². The van der Waals surface area contributed by atoms with Gasteiger partial charge in [0.25, 0.3) is 0 Å². The number of hydrogen-bond donors (Lipinski definition) is 1. The summed E-state index contributed by atoms with van der Waals surface area (Å²) >= 11 is 0. The Morgan fingerprint density at radius 2 is 1.75 bits per heavy atom. The number of aliphatic carboxylic acids is 1. The fourth-order valence-electron chi connectivity index (χ4n) is 0.446. The minimum absolute atomic E-state index is 0.0407. The summed E-state index contributed by atoms with van der Waals surface area (Å²) in [7, 11) is 0. The van der Waals surface area contributed by atoms with Gasteiger partial charge in [0.1, 0.15) is 0 Å². The molecule has 0 aromatic carbocycles. The molecule has 0 aliphatic heterocycles. The number of ether oxygens (including phenoxy) is 1. The van der Waals surface area contributed by atoms with Crippen molar-refractivity contribution >= 4 is 18.4 Å². The van der Waals surface area contributed by atoms with E-state index < -0.39 is 11.9 Å². The van der Waals surface area contributed by atoms with Crippen molar-refractivity contribution in [2.75, 3.05) is 0 Å². The maximum atomic E-state index is 10.7. The van der Waals surface area contributed by atoms with Gasteiger partial charge in [-0.15, -0.1) is 0 Å². The van der Waals surface area contributed by atoms with Crippen LogP contribution in [-0.4, -0.2) is 23.5 Å². The fraction of sp³-hybridized carbons (Fsp3) is 0.286. The van der Waals surface area contributed by atoms with Crippen molar-refractivity contribution in [1.82, 2.24) is 0 Å². The van der Waals surface area contributed by atoms with Crippen LogP contribution in [0.3, 0.4) is 0 Å². The van der Waals surface area contributed by atoms with Gasteiger partial charge in [-0.2, -0.15) is 0 Å². The van der Waals surface area contributed by atoms with E-state index in [0.29, 0.717) is 0 Å². The maximum Gasteiger partial charge on any atom is 0.341 e. The number of esters is 1. The van der Waals surface area contributed by atoms with Crippen LogP contribution in [0.15, 0.2) is 11.1 Å². The Morgan fingerprint density at radius 3 is 2.08 bits per heavy atom. The van der Waals surface area contributed by atoms with Gasteiger partial charge in [0.2, 0.25) is 0 Å². The predicted molar refractivity (Wildman–Crippen MR) is 38.2 cm³/mol. The van der Waals surface area contributed by atoms with Gasteiger partial charge in [-0.05, 0) is 13.8 Å². The zero-order valence-electron chi connectivity index (χ0n) is 6.66. The molecule has 5 nitrogen and oxygen atoms in total. The van der Waals surface area contributed by atoms with E-state index in [2.05, 4.69) is 4.74 Å². The van der Waals surface area contributed by atoms with Crippen molar-refractivity contribution in [3.63, 3.8) is 0 Å². The van der Waals surface area contributed by atoms with Gasteiger partial charge >= 0.3 is 18.4 Å². The second kappa shape index (κ2) is 4.27. The Kier molecular flexibility index (Phi) is 3.69. The zero-order chi connectivity index (χ0) is 9.72. The molecule has 0 rings (SSSR count). The molecule has 0 unspecified atom stereocenters. The molecule has 0 radical (unpaired) electrons. The second-order valence-electron chi connectivity index (χ2n) is 2.06. The Bertz CT molecular complexity index is 251. The smallest absolute Gasteiger partial charge is 0.341 e. The Labute approximate surface area is 68.6 Å². The highest BCUT2D eigenvalue weighted by Crippen LogP contribution is 2.04. The van der Waals surface area contributed by atoms with E-state index in [-0.39, 0.29) is 17.6 Å². The third-order valence-corrected chi connectivity index (χ3v) is 1.34. The molecule has 0 heterocycles. The van der Waals surface area contributed by atoms with E-state index in [0.717, 1.165) is 0 Å². The highest BCUT2D eigenvalue weighted by atomic mass is 16.6. The normalized spacial score (nSPS) is 11.5. The van der Waals surface area contributed by atoms with E-state index in [4.69, 9.17) is 5.11 Å². The molecule has 0 saturated heterocycles. The lowest BCUT2D eigenvalue weighted by Gasteiger charge is -1.99. The van der Waals surface area contributed by atoms with Gasteiger partial charge in [0.05, 0.1) is 0 Å². The lowest BCUT2D eigenvalue weighted by atomic mass is 10.1. The van der Waals surface area contributed by atoms with Crippen LogP contribution in [-0.2, 0) is 19.1 Å². The van der Waals surface area contributed by atoms with Crippen LogP contribution in [0.1, 0.15) is 13.8 Å². The molecule has 0 fully saturated rings. The molecule has 0 aliphatic rings. The Morgan fingerprint density at radius 1 is 1.25 bits per heavy atom. The van der Waals surface area contributed by atoms with Gasteiger partial charge in [0, 0.05) is 11.1 Å². The van der Waals surface area contributed by atoms with Crippen molar-refractivity contribution < 1.29 is 24.2 Å². The summed E-state index contributed by atoms with van der Waals surface area (Å²) in [5.41, 5.74) is -0.226. The molecular weight excluding hydrogens is 164 g/mol. The first kappa shape index (κ1) is 10.3. The van der Waals surface area contributed by atoms with Crippen LogP contribution in [0, 0.1) is 0 Å². The number of carboxylic acid groups (broad SMARTS) is 1. The SMILES string of the molecule is C/C(C(=O)O)=C(\C)C(=O)OC=O. The lowest BCUT2D eigenvalue weighted by molar-refractivity contribution is -0.148. The summed E-state index contributed by atoms with van der Waals surface area (Å²) < 4.78 is 3.93. The number of carboxylic acids is 1. The topological polar surface area (TPSA) is 80.7 Å². The number of rotatable bonds is 3. The highest BCUT2D eigenvalue weighted by molar-refractivity contribution is 6.00. The lowest BCUT2D eigenvalue weighted by Crippen LogP contribution is -2.10. The van der Waals surface area contributed by atoms with Crippen molar-refractivity contribution in [2.24, 2.45) is 0 Å². The van der Waals surface area contributed by atoms with Gasteiger partial charge in [0.15, 0.2) is 0 Å². The highest BCUT2D eigenvalue weighted by Gasteiger charge is 2.13. The standard InChI is InChI=1S/C7H8O5/c1-4(6(9)10)5(2)7(11)12-3-8/h3H,1-2H3,(H,9,10)/b5-4-. The molecule has 66 valence electrons. The van der Waals surface area contributed by atoms with Crippen LogP contribution >= 0.6 is 0 Å². The molecule has 5 heteroatoms. The summed E-state index contributed by atoms with van der Waals surface area (Å²) in [6.07, 6.45) is 0. The summed E-state index contributed by atoms with van der Waals surface area (Å²) in [4.78, 5) is 30.7. The van der Waals surface area contributed by atoms with Crippen LogP contribution < -0.4 is 0 Å². The minimum atomic E-state index is -1.21. The molecule has 0 bridgehead atoms. The van der Waals surface area contributed by atoms with Crippen LogP contribution in [0.25, 0.3) is 0 Å². The monoisotopic (exact) mass is 172 g/mol. The summed E-state index contributed by atoms with van der Waals surface area (Å²) in [6, 6.07) is 0. The third-order valence-electron chi connectivity index (χ3n) is 1.34. The first-order chi connectivity index (χ1) is 5.50. The van der Waals surface area contributed by atoms with Crippen molar-refractivity contribution in [3.8, 4) is 0 Å². The average molecular weight is 172 g/mol. The molecule has 0 amide bonds. The molecule has 0 aromatic heterocycles. The van der Waals surface area contributed by atoms with Crippen molar-refractivity contribution in [3.05, 3.63) is 11.1 Å². The molecule has 0 saturated carbocycles. The average Bonchev–Trinajstić information content (AvgIpc) is 2.02. The van der Waals surface area contributed by atoms with E-state index in [9.17, 15) is 14.4 Å². The Balaban J connectivity index is 4.65. The molecule has 0 aromatic rings. The predicted octanol–water partition coefficient (Wildman–Crippen LogP) is 0.107. The maximum absolute atomic E-state index is 10.7. The first-order valence-electron chi connectivity index (χ1n) is 3.06. The van der Waals surface area contributed by atoms with E-state index in [1.807, 2.05) is 0 Å². The number of carbonyl (C=O) groups excluding carboxylic acids is 2. The quantitative estimate of drug-likeness (QED) is 0.283. The van der Waals surface area contributed by atoms with Crippen molar-refractivity contribution in [2.45, 2.75) is 13.8 Å². The zero-order valence-corrected chi connectivity index (χ0v) is 6.66. The summed E-state index contributed by atoms with van der Waals surface area (Å²) in [6.45, 7) is 2.49. The van der Waals surface area contributed by atoms with Crippen LogP contribution in [0.2, 0.25) is 0 Å². The van der Waals surface area contributed by atoms with Gasteiger partial charge in [-0.25, -0.2) is 9.59 Å². The molecule has 12 heavy (non-hydrogen) atoms. The molecular formula is C7H8O5. The Hall–Kier alpha value is -1.65. The minimum Gasteiger partial charge on any atom is -0.478 e. The van der Waals surface area contributed by atoms with E-state index >= 15 is 0 Å². The van der Waals surface area contributed by atoms with Crippen molar-refractivity contribution in [1.29, 1.82) is 0 Å². The largest absolute Gasteiger partial charge is 0.478 e. The molecule has 0 aliphatic carbocycles. The summed E-state index contributed by atoms with van der Waals surface area (Å²) in [5, 5.41) is 8.42. The summed E-state index contributed by atoms with van der Waals surface area (Å²) in [5.74, 6) is -2.15. The van der Waals surface area contributed by atoms with Gasteiger partial charge in [-0.3, -0.25) is 4.79 Å². The third kappa shape index (κ3) is 2.53. The number of carbonyl (C=O) groups is 3.